The average Bonchev–Trinajstić information content (AvgIpc) is 2.77. The van der Waals surface area contributed by atoms with Crippen molar-refractivity contribution in [2.75, 3.05) is 0 Å². The molecule has 0 unspecified atom stereocenters. The summed E-state index contributed by atoms with van der Waals surface area (Å²) in [4.78, 5) is 11.7. The van der Waals surface area contributed by atoms with Gasteiger partial charge in [0, 0.05) is 0 Å². The summed E-state index contributed by atoms with van der Waals surface area (Å²) in [5.41, 5.74) is 8.96. The lowest BCUT2D eigenvalue weighted by Gasteiger charge is -2.11. The van der Waals surface area contributed by atoms with Gasteiger partial charge in [0.15, 0.2) is 0 Å². The first-order chi connectivity index (χ1) is 14.8. The highest BCUT2D eigenvalue weighted by Gasteiger charge is 2.14. The molecule has 0 heterocycles. The first kappa shape index (κ1) is 24.3. The molecule has 3 N–H and O–H groups in total. The Labute approximate surface area is 183 Å². The van der Waals surface area contributed by atoms with Crippen molar-refractivity contribution >= 4 is 16.1 Å². The van der Waals surface area contributed by atoms with Crippen LogP contribution in [0.1, 0.15) is 23.1 Å². The third-order valence-corrected chi connectivity index (χ3v) is 5.30. The Morgan fingerprint density at radius 2 is 1.42 bits per heavy atom. The van der Waals surface area contributed by atoms with Crippen LogP contribution in [0.4, 0.5) is 0 Å². The van der Waals surface area contributed by atoms with Crippen molar-refractivity contribution in [1.82, 2.24) is 0 Å². The molecule has 164 valence electrons. The lowest BCUT2D eigenvalue weighted by molar-refractivity contribution is -0.146. The van der Waals surface area contributed by atoms with E-state index >= 15 is 0 Å². The van der Waals surface area contributed by atoms with E-state index in [1.54, 1.807) is 12.1 Å². The lowest BCUT2D eigenvalue weighted by Crippen LogP contribution is -2.32. The molecule has 0 radical (unpaired) electrons. The maximum atomic E-state index is 11.8. The molecule has 0 saturated carbocycles. The summed E-state index contributed by atoms with van der Waals surface area (Å²) in [7, 11) is -4.02. The van der Waals surface area contributed by atoms with Crippen molar-refractivity contribution in [2.45, 2.75) is 37.3 Å². The number of hydrogen-bond acceptors (Lipinski definition) is 5. The van der Waals surface area contributed by atoms with E-state index in [-0.39, 0.29) is 17.5 Å². The summed E-state index contributed by atoms with van der Waals surface area (Å²) in [6.07, 6.45) is 1.38. The van der Waals surface area contributed by atoms with Gasteiger partial charge in [-0.2, -0.15) is 8.42 Å². The molecular formula is C24H27NO5S. The molecule has 0 amide bonds. The van der Waals surface area contributed by atoms with Crippen LogP contribution in [0.3, 0.4) is 0 Å². The molecule has 0 aliphatic heterocycles. The topological polar surface area (TPSA) is 107 Å². The van der Waals surface area contributed by atoms with Crippen molar-refractivity contribution in [3.05, 3.63) is 102 Å². The summed E-state index contributed by atoms with van der Waals surface area (Å²) in [5, 5.41) is 0. The average molecular weight is 442 g/mol. The van der Waals surface area contributed by atoms with Crippen molar-refractivity contribution in [1.29, 1.82) is 0 Å². The third-order valence-electron chi connectivity index (χ3n) is 4.43. The van der Waals surface area contributed by atoms with Crippen LogP contribution in [0.25, 0.3) is 0 Å². The normalized spacial score (nSPS) is 11.7. The molecule has 3 aromatic rings. The standard InChI is InChI=1S/C17H19NO2.C7H8O3S/c18-16(12-11-14-7-3-1-4-8-14)17(19)20-13-15-9-5-2-6-10-15;1-6-2-4-7(5-3-6)11(8,9)10/h1-10,16H,11-13,18H2;2-5H,1H3,(H,8,9,10)/t16-;/m0./s1. The van der Waals surface area contributed by atoms with Crippen LogP contribution in [0.5, 0.6) is 0 Å². The van der Waals surface area contributed by atoms with E-state index < -0.39 is 16.2 Å². The smallest absolute Gasteiger partial charge is 0.323 e. The maximum absolute atomic E-state index is 11.8. The number of carbonyl (C=O) groups is 1. The van der Waals surface area contributed by atoms with E-state index in [4.69, 9.17) is 15.0 Å². The second-order valence-corrected chi connectivity index (χ2v) is 8.43. The monoisotopic (exact) mass is 441 g/mol. The Bertz CT molecular complexity index is 1040. The Hall–Kier alpha value is -3.00. The molecule has 0 aliphatic carbocycles. The van der Waals surface area contributed by atoms with Gasteiger partial charge in [-0.15, -0.1) is 0 Å². The van der Waals surface area contributed by atoms with E-state index in [2.05, 4.69) is 0 Å². The van der Waals surface area contributed by atoms with Crippen molar-refractivity contribution in [3.63, 3.8) is 0 Å². The summed E-state index contributed by atoms with van der Waals surface area (Å²) >= 11 is 0. The van der Waals surface area contributed by atoms with Gasteiger partial charge < -0.3 is 10.5 Å². The van der Waals surface area contributed by atoms with E-state index in [0.29, 0.717) is 6.42 Å². The van der Waals surface area contributed by atoms with Gasteiger partial charge in [0.05, 0.1) is 4.90 Å². The molecule has 0 bridgehead atoms. The zero-order valence-electron chi connectivity index (χ0n) is 17.3. The molecular weight excluding hydrogens is 414 g/mol. The quantitative estimate of drug-likeness (QED) is 0.425. The molecule has 0 spiro atoms. The number of nitrogens with two attached hydrogens (primary N) is 1. The van der Waals surface area contributed by atoms with E-state index in [1.807, 2.05) is 67.6 Å². The summed E-state index contributed by atoms with van der Waals surface area (Å²) in [6, 6.07) is 25.0. The Morgan fingerprint density at radius 3 is 1.94 bits per heavy atom. The number of ether oxygens (including phenoxy) is 1. The largest absolute Gasteiger partial charge is 0.460 e. The SMILES string of the molecule is Cc1ccc(S(=O)(=O)O)cc1.N[C@@H](CCc1ccccc1)C(=O)OCc1ccccc1. The lowest BCUT2D eigenvalue weighted by atomic mass is 10.1. The molecule has 1 atom stereocenters. The van der Waals surface area contributed by atoms with Gasteiger partial charge in [-0.25, -0.2) is 0 Å². The fourth-order valence-corrected chi connectivity index (χ4v) is 3.11. The third kappa shape index (κ3) is 9.13. The molecule has 0 saturated heterocycles. The van der Waals surface area contributed by atoms with Crippen LogP contribution in [-0.4, -0.2) is 25.0 Å². The first-order valence-electron chi connectivity index (χ1n) is 9.80. The van der Waals surface area contributed by atoms with Gasteiger partial charge in [0.2, 0.25) is 0 Å². The first-order valence-corrected chi connectivity index (χ1v) is 11.2. The Balaban J connectivity index is 0.000000262. The molecule has 0 aromatic heterocycles. The number of benzene rings is 3. The maximum Gasteiger partial charge on any atom is 0.323 e. The minimum absolute atomic E-state index is 0.0666. The van der Waals surface area contributed by atoms with Gasteiger partial charge >= 0.3 is 5.97 Å². The number of carbonyl (C=O) groups excluding carboxylic acids is 1. The van der Waals surface area contributed by atoms with Gasteiger partial charge in [-0.1, -0.05) is 78.4 Å². The van der Waals surface area contributed by atoms with E-state index in [0.717, 1.165) is 17.5 Å². The molecule has 6 nitrogen and oxygen atoms in total. The van der Waals surface area contributed by atoms with Crippen molar-refractivity contribution in [3.8, 4) is 0 Å². The Kier molecular flexibility index (Phi) is 9.40. The van der Waals surface area contributed by atoms with E-state index in [9.17, 15) is 13.2 Å². The highest BCUT2D eigenvalue weighted by atomic mass is 32.2. The summed E-state index contributed by atoms with van der Waals surface area (Å²) < 4.78 is 34.8. The van der Waals surface area contributed by atoms with Crippen molar-refractivity contribution < 1.29 is 22.5 Å². The number of hydrogen-bond donors (Lipinski definition) is 2. The number of aryl methyl sites for hydroxylation is 2. The van der Waals surface area contributed by atoms with Gasteiger partial charge in [-0.3, -0.25) is 9.35 Å². The fraction of sp³-hybridized carbons (Fsp3) is 0.208. The van der Waals surface area contributed by atoms with E-state index in [1.165, 1.54) is 17.7 Å². The predicted octanol–water partition coefficient (Wildman–Crippen LogP) is 3.93. The van der Waals surface area contributed by atoms with Crippen LogP contribution >= 0.6 is 0 Å². The highest BCUT2D eigenvalue weighted by molar-refractivity contribution is 7.85. The second-order valence-electron chi connectivity index (χ2n) is 7.01. The summed E-state index contributed by atoms with van der Waals surface area (Å²) in [6.45, 7) is 2.12. The zero-order valence-corrected chi connectivity index (χ0v) is 18.2. The minimum atomic E-state index is -4.02. The zero-order chi connectivity index (χ0) is 22.7. The van der Waals surface area contributed by atoms with Gasteiger partial charge in [-0.05, 0) is 43.0 Å². The van der Waals surface area contributed by atoms with Gasteiger partial charge in [0.25, 0.3) is 10.1 Å². The molecule has 3 rings (SSSR count). The Morgan fingerprint density at radius 1 is 0.903 bits per heavy atom. The van der Waals surface area contributed by atoms with Crippen molar-refractivity contribution in [2.24, 2.45) is 5.73 Å². The van der Waals surface area contributed by atoms with Gasteiger partial charge in [0.1, 0.15) is 12.6 Å². The molecule has 0 fully saturated rings. The molecule has 0 aliphatic rings. The van der Waals surface area contributed by atoms with Crippen LogP contribution in [0.2, 0.25) is 0 Å². The number of esters is 1. The highest BCUT2D eigenvalue weighted by Crippen LogP contribution is 2.09. The molecule has 31 heavy (non-hydrogen) atoms. The van der Waals surface area contributed by atoms with Crippen LogP contribution in [0, 0.1) is 6.92 Å². The molecule has 3 aromatic carbocycles. The second kappa shape index (κ2) is 12.0. The predicted molar refractivity (Wildman–Crippen MR) is 120 cm³/mol. The molecule has 7 heteroatoms. The van der Waals surface area contributed by atoms with Crippen LogP contribution < -0.4 is 5.73 Å². The summed E-state index contributed by atoms with van der Waals surface area (Å²) in [5.74, 6) is -0.343. The fourth-order valence-electron chi connectivity index (χ4n) is 2.63. The van der Waals surface area contributed by atoms with Crippen LogP contribution in [-0.2, 0) is 32.7 Å². The number of rotatable bonds is 7. The van der Waals surface area contributed by atoms with Crippen LogP contribution in [0.15, 0.2) is 89.8 Å². The minimum Gasteiger partial charge on any atom is -0.460 e.